The van der Waals surface area contributed by atoms with E-state index in [-0.39, 0.29) is 17.7 Å². The molecule has 0 aliphatic carbocycles. The first-order valence-corrected chi connectivity index (χ1v) is 9.39. The van der Waals surface area contributed by atoms with Gasteiger partial charge in [0.1, 0.15) is 11.6 Å². The molecule has 0 bridgehead atoms. The summed E-state index contributed by atoms with van der Waals surface area (Å²) in [6, 6.07) is 6.78. The summed E-state index contributed by atoms with van der Waals surface area (Å²) in [6.45, 7) is 0.336. The third-order valence-electron chi connectivity index (χ3n) is 5.24. The van der Waals surface area contributed by atoms with Gasteiger partial charge in [-0.15, -0.1) is 0 Å². The Labute approximate surface area is 174 Å². The number of esters is 1. The molecule has 0 spiro atoms. The minimum Gasteiger partial charge on any atom is -0.496 e. The Bertz CT molecular complexity index is 961. The lowest BCUT2D eigenvalue weighted by Crippen LogP contribution is -2.41. The van der Waals surface area contributed by atoms with Crippen LogP contribution >= 0.6 is 0 Å². The minimum absolute atomic E-state index is 0.0532. The second-order valence-electron chi connectivity index (χ2n) is 6.80. The van der Waals surface area contributed by atoms with Gasteiger partial charge in [-0.1, -0.05) is 0 Å². The highest BCUT2D eigenvalue weighted by Crippen LogP contribution is 2.40. The maximum atomic E-state index is 13.9. The molecule has 160 valence electrons. The predicted molar refractivity (Wildman–Crippen MR) is 107 cm³/mol. The van der Waals surface area contributed by atoms with Crippen molar-refractivity contribution in [1.29, 1.82) is 0 Å². The maximum absolute atomic E-state index is 13.9. The van der Waals surface area contributed by atoms with Gasteiger partial charge in [0, 0.05) is 6.54 Å². The quantitative estimate of drug-likeness (QED) is 0.673. The zero-order valence-electron chi connectivity index (χ0n) is 17.4. The van der Waals surface area contributed by atoms with Gasteiger partial charge < -0.3 is 23.8 Å². The molecule has 0 fully saturated rings. The van der Waals surface area contributed by atoms with E-state index < -0.39 is 23.7 Å². The zero-order chi connectivity index (χ0) is 21.8. The van der Waals surface area contributed by atoms with Gasteiger partial charge in [0.05, 0.1) is 46.5 Å². The first-order valence-electron chi connectivity index (χ1n) is 9.39. The number of nitrogens with zero attached hydrogens (tertiary/aromatic N) is 1. The zero-order valence-corrected chi connectivity index (χ0v) is 17.4. The molecule has 0 saturated heterocycles. The number of halogens is 1. The van der Waals surface area contributed by atoms with Crippen molar-refractivity contribution in [2.45, 2.75) is 18.9 Å². The lowest BCUT2D eigenvalue weighted by atomic mass is 9.89. The van der Waals surface area contributed by atoms with Crippen LogP contribution < -0.4 is 14.2 Å². The van der Waals surface area contributed by atoms with Crippen molar-refractivity contribution < 1.29 is 32.9 Å². The molecule has 0 saturated carbocycles. The van der Waals surface area contributed by atoms with Crippen molar-refractivity contribution in [2.24, 2.45) is 0 Å². The van der Waals surface area contributed by atoms with Gasteiger partial charge in [0.2, 0.25) is 0 Å². The smallest absolute Gasteiger partial charge is 0.307 e. The van der Waals surface area contributed by atoms with Crippen LogP contribution in [-0.2, 0) is 16.0 Å². The van der Waals surface area contributed by atoms with Gasteiger partial charge in [0.25, 0.3) is 5.91 Å². The molecular formula is C22H24FNO6. The molecule has 8 heteroatoms. The van der Waals surface area contributed by atoms with E-state index in [0.29, 0.717) is 24.5 Å². The van der Waals surface area contributed by atoms with Crippen LogP contribution in [0.15, 0.2) is 30.3 Å². The third kappa shape index (κ3) is 4.03. The van der Waals surface area contributed by atoms with Gasteiger partial charge in [-0.25, -0.2) is 4.39 Å². The molecule has 0 aromatic heterocycles. The topological polar surface area (TPSA) is 74.3 Å². The molecule has 1 heterocycles. The average Bonchev–Trinajstić information content (AvgIpc) is 2.77. The number of carbonyl (C=O) groups excluding carboxylic acids is 2. The van der Waals surface area contributed by atoms with Gasteiger partial charge in [-0.2, -0.15) is 0 Å². The van der Waals surface area contributed by atoms with Crippen molar-refractivity contribution in [2.75, 3.05) is 35.0 Å². The van der Waals surface area contributed by atoms with E-state index in [2.05, 4.69) is 0 Å². The molecule has 3 rings (SSSR count). The maximum Gasteiger partial charge on any atom is 0.307 e. The second-order valence-corrected chi connectivity index (χ2v) is 6.80. The van der Waals surface area contributed by atoms with Crippen molar-refractivity contribution in [3.05, 3.63) is 52.8 Å². The number of ether oxygens (including phenoxy) is 4. The Morgan fingerprint density at radius 3 is 2.30 bits per heavy atom. The van der Waals surface area contributed by atoms with E-state index in [4.69, 9.17) is 18.9 Å². The van der Waals surface area contributed by atoms with E-state index in [1.807, 2.05) is 6.07 Å². The number of rotatable bonds is 6. The Morgan fingerprint density at radius 1 is 1.00 bits per heavy atom. The SMILES string of the molecule is COC(=O)CC1c2cc(OC)c(OC)cc2CCN1C(=O)c1cc(F)ccc1OC. The Kier molecular flexibility index (Phi) is 6.44. The standard InChI is InChI=1S/C22H24FNO6/c1-27-18-6-5-14(23)10-16(18)22(26)24-8-7-13-9-19(28-2)20(29-3)11-15(13)17(24)12-21(25)30-4/h5-6,9-11,17H,7-8,12H2,1-4H3. The number of hydrogen-bond donors (Lipinski definition) is 0. The molecule has 1 atom stereocenters. The fourth-order valence-electron chi connectivity index (χ4n) is 3.73. The number of methoxy groups -OCH3 is 4. The van der Waals surface area contributed by atoms with Gasteiger partial charge in [-0.3, -0.25) is 9.59 Å². The van der Waals surface area contributed by atoms with Crippen molar-refractivity contribution in [1.82, 2.24) is 4.90 Å². The summed E-state index contributed by atoms with van der Waals surface area (Å²) in [4.78, 5) is 27.1. The molecule has 1 amide bonds. The van der Waals surface area contributed by atoms with E-state index in [0.717, 1.165) is 17.2 Å². The van der Waals surface area contributed by atoms with E-state index in [9.17, 15) is 14.0 Å². The molecule has 1 aliphatic rings. The van der Waals surface area contributed by atoms with Gasteiger partial charge in [0.15, 0.2) is 11.5 Å². The summed E-state index contributed by atoms with van der Waals surface area (Å²) in [5, 5.41) is 0. The number of fused-ring (bicyclic) bond motifs is 1. The normalized spacial score (nSPS) is 15.2. The lowest BCUT2D eigenvalue weighted by Gasteiger charge is -2.37. The van der Waals surface area contributed by atoms with Crippen LogP contribution in [0.4, 0.5) is 4.39 Å². The van der Waals surface area contributed by atoms with Crippen LogP contribution in [0.25, 0.3) is 0 Å². The van der Waals surface area contributed by atoms with Crippen LogP contribution in [0.1, 0.15) is 33.9 Å². The van der Waals surface area contributed by atoms with E-state index in [1.54, 1.807) is 18.1 Å². The van der Waals surface area contributed by atoms with Crippen LogP contribution in [0.3, 0.4) is 0 Å². The van der Waals surface area contributed by atoms with Gasteiger partial charge >= 0.3 is 5.97 Å². The second kappa shape index (κ2) is 9.02. The first-order chi connectivity index (χ1) is 14.4. The molecule has 2 aromatic carbocycles. The lowest BCUT2D eigenvalue weighted by molar-refractivity contribution is -0.141. The fourth-order valence-corrected chi connectivity index (χ4v) is 3.73. The fraction of sp³-hybridized carbons (Fsp3) is 0.364. The van der Waals surface area contributed by atoms with Crippen LogP contribution in [0, 0.1) is 5.82 Å². The van der Waals surface area contributed by atoms with Gasteiger partial charge in [-0.05, 0) is 47.9 Å². The number of benzene rings is 2. The number of amides is 1. The van der Waals surface area contributed by atoms with Crippen LogP contribution in [0.2, 0.25) is 0 Å². The number of carbonyl (C=O) groups is 2. The molecule has 0 radical (unpaired) electrons. The van der Waals surface area contributed by atoms with Crippen LogP contribution in [0.5, 0.6) is 17.2 Å². The van der Waals surface area contributed by atoms with Crippen molar-refractivity contribution in [3.63, 3.8) is 0 Å². The van der Waals surface area contributed by atoms with E-state index >= 15 is 0 Å². The highest BCUT2D eigenvalue weighted by molar-refractivity contribution is 5.97. The molecule has 30 heavy (non-hydrogen) atoms. The largest absolute Gasteiger partial charge is 0.496 e. The Hall–Kier alpha value is -3.29. The number of hydrogen-bond acceptors (Lipinski definition) is 6. The van der Waals surface area contributed by atoms with Crippen molar-refractivity contribution >= 4 is 11.9 Å². The highest BCUT2D eigenvalue weighted by atomic mass is 19.1. The summed E-state index contributed by atoms with van der Waals surface area (Å²) in [5.41, 5.74) is 1.79. The summed E-state index contributed by atoms with van der Waals surface area (Å²) in [6.07, 6.45) is 0.485. The van der Waals surface area contributed by atoms with Crippen molar-refractivity contribution in [3.8, 4) is 17.2 Å². The monoisotopic (exact) mass is 417 g/mol. The summed E-state index contributed by atoms with van der Waals surface area (Å²) < 4.78 is 34.7. The predicted octanol–water partition coefficient (Wildman–Crippen LogP) is 3.15. The summed E-state index contributed by atoms with van der Waals surface area (Å²) in [5.74, 6) is -0.125. The molecule has 1 aliphatic heterocycles. The highest BCUT2D eigenvalue weighted by Gasteiger charge is 2.35. The van der Waals surface area contributed by atoms with E-state index in [1.165, 1.54) is 33.5 Å². The summed E-state index contributed by atoms with van der Waals surface area (Å²) in [7, 11) is 5.77. The molecule has 0 N–H and O–H groups in total. The van der Waals surface area contributed by atoms with Crippen LogP contribution in [-0.4, -0.2) is 51.8 Å². The molecular weight excluding hydrogens is 393 g/mol. The molecule has 2 aromatic rings. The summed E-state index contributed by atoms with van der Waals surface area (Å²) >= 11 is 0. The Morgan fingerprint density at radius 2 is 1.67 bits per heavy atom. The minimum atomic E-state index is -0.610. The first kappa shape index (κ1) is 21.4. The Balaban J connectivity index is 2.08. The molecule has 7 nitrogen and oxygen atoms in total. The third-order valence-corrected chi connectivity index (χ3v) is 5.24. The molecule has 1 unspecified atom stereocenters. The average molecular weight is 417 g/mol.